The van der Waals surface area contributed by atoms with Crippen LogP contribution in [0.5, 0.6) is 11.5 Å². The van der Waals surface area contributed by atoms with E-state index in [4.69, 9.17) is 14.2 Å². The molecule has 2 aliphatic rings. The maximum absolute atomic E-state index is 12.6. The Bertz CT molecular complexity index is 929. The molecule has 152 valence electrons. The number of carbonyl (C=O) groups excluding carboxylic acids is 3. The van der Waals surface area contributed by atoms with E-state index < -0.39 is 24.0 Å². The highest BCUT2D eigenvalue weighted by Crippen LogP contribution is 2.34. The molecule has 0 bridgehead atoms. The van der Waals surface area contributed by atoms with Crippen molar-refractivity contribution in [2.75, 3.05) is 18.7 Å². The Morgan fingerprint density at radius 3 is 2.86 bits per heavy atom. The van der Waals surface area contributed by atoms with Crippen molar-refractivity contribution in [2.24, 2.45) is 0 Å². The highest BCUT2D eigenvalue weighted by Gasteiger charge is 2.37. The molecule has 2 aromatic rings. The van der Waals surface area contributed by atoms with Gasteiger partial charge in [0.15, 0.2) is 17.6 Å². The molecule has 8 nitrogen and oxygen atoms in total. The van der Waals surface area contributed by atoms with Gasteiger partial charge in [-0.15, -0.1) is 11.3 Å². The summed E-state index contributed by atoms with van der Waals surface area (Å²) in [4.78, 5) is 39.8. The largest absolute Gasteiger partial charge is 0.454 e. The van der Waals surface area contributed by atoms with Gasteiger partial charge in [-0.1, -0.05) is 6.07 Å². The molecule has 9 heteroatoms. The molecule has 2 atom stereocenters. The summed E-state index contributed by atoms with van der Waals surface area (Å²) in [7, 11) is 0. The normalized spacial score (nSPS) is 18.4. The van der Waals surface area contributed by atoms with E-state index in [0.29, 0.717) is 41.4 Å². The summed E-state index contributed by atoms with van der Waals surface area (Å²) in [5.74, 6) is -0.0654. The second kappa shape index (κ2) is 8.12. The highest BCUT2D eigenvalue weighted by atomic mass is 32.1. The van der Waals surface area contributed by atoms with Crippen LogP contribution < -0.4 is 14.8 Å². The van der Waals surface area contributed by atoms with Gasteiger partial charge < -0.3 is 24.4 Å². The van der Waals surface area contributed by atoms with Crippen molar-refractivity contribution in [1.29, 1.82) is 0 Å². The van der Waals surface area contributed by atoms with E-state index in [9.17, 15) is 14.4 Å². The topological polar surface area (TPSA) is 94.2 Å². The zero-order valence-electron chi connectivity index (χ0n) is 15.8. The maximum atomic E-state index is 12.6. The second-order valence-electron chi connectivity index (χ2n) is 6.77. The molecule has 0 spiro atoms. The minimum Gasteiger partial charge on any atom is -0.454 e. The van der Waals surface area contributed by atoms with Crippen LogP contribution in [0.15, 0.2) is 35.7 Å². The lowest BCUT2D eigenvalue weighted by Gasteiger charge is -2.24. The molecule has 3 heterocycles. The Hall–Kier alpha value is -3.07. The minimum atomic E-state index is -1.01. The first-order valence-corrected chi connectivity index (χ1v) is 10.2. The van der Waals surface area contributed by atoms with Crippen molar-refractivity contribution in [1.82, 2.24) is 4.90 Å². The number of carbonyl (C=O) groups is 3. The summed E-state index contributed by atoms with van der Waals surface area (Å²) in [5.41, 5.74) is 0.512. The lowest BCUT2D eigenvalue weighted by molar-refractivity contribution is -0.156. The number of thiophene rings is 1. The van der Waals surface area contributed by atoms with E-state index in [-0.39, 0.29) is 12.7 Å². The van der Waals surface area contributed by atoms with Crippen LogP contribution in [-0.2, 0) is 14.3 Å². The summed E-state index contributed by atoms with van der Waals surface area (Å²) < 4.78 is 15.9. The predicted octanol–water partition coefficient (Wildman–Crippen LogP) is 2.65. The van der Waals surface area contributed by atoms with E-state index in [1.165, 1.54) is 23.2 Å². The van der Waals surface area contributed by atoms with Gasteiger partial charge in [0.1, 0.15) is 6.04 Å². The Kier molecular flexibility index (Phi) is 5.39. The number of likely N-dealkylation sites (tertiary alicyclic amines) is 1. The van der Waals surface area contributed by atoms with Crippen molar-refractivity contribution in [3.63, 3.8) is 0 Å². The number of hydrogen-bond donors (Lipinski definition) is 1. The summed E-state index contributed by atoms with van der Waals surface area (Å²) >= 11 is 1.33. The van der Waals surface area contributed by atoms with Gasteiger partial charge in [-0.2, -0.15) is 0 Å². The molecule has 29 heavy (non-hydrogen) atoms. The van der Waals surface area contributed by atoms with Crippen LogP contribution in [0.25, 0.3) is 0 Å². The number of amides is 2. The highest BCUT2D eigenvalue weighted by molar-refractivity contribution is 7.12. The van der Waals surface area contributed by atoms with Gasteiger partial charge in [0.05, 0.1) is 4.88 Å². The first-order chi connectivity index (χ1) is 14.0. The molecule has 1 aromatic carbocycles. The summed E-state index contributed by atoms with van der Waals surface area (Å²) in [6, 6.07) is 7.87. The molecule has 0 radical (unpaired) electrons. The van der Waals surface area contributed by atoms with Crippen molar-refractivity contribution < 1.29 is 28.6 Å². The zero-order chi connectivity index (χ0) is 20.4. The Balaban J connectivity index is 1.36. The van der Waals surface area contributed by atoms with Crippen molar-refractivity contribution >= 4 is 34.8 Å². The molecule has 1 aromatic heterocycles. The number of anilines is 1. The van der Waals surface area contributed by atoms with Crippen LogP contribution in [-0.4, -0.2) is 48.2 Å². The average Bonchev–Trinajstić information content (AvgIpc) is 3.48. The lowest BCUT2D eigenvalue weighted by Crippen LogP contribution is -2.43. The molecule has 2 amide bonds. The molecule has 1 fully saturated rings. The maximum Gasteiger partial charge on any atom is 0.329 e. The SMILES string of the molecule is C[C@@H](OC(=O)[C@@H]1CCCN1C(=O)c1cccs1)C(=O)Nc1ccc2c(c1)OCO2. The fraction of sp³-hybridized carbons (Fsp3) is 0.350. The smallest absolute Gasteiger partial charge is 0.329 e. The molecular weight excluding hydrogens is 396 g/mol. The van der Waals surface area contributed by atoms with E-state index in [1.807, 2.05) is 5.38 Å². The van der Waals surface area contributed by atoms with Gasteiger partial charge in [0.25, 0.3) is 11.8 Å². The first kappa shape index (κ1) is 19.3. The van der Waals surface area contributed by atoms with Crippen LogP contribution in [0.1, 0.15) is 29.4 Å². The van der Waals surface area contributed by atoms with E-state index in [2.05, 4.69) is 5.32 Å². The molecule has 0 aliphatic carbocycles. The number of nitrogens with zero attached hydrogens (tertiary/aromatic N) is 1. The minimum absolute atomic E-state index is 0.142. The van der Waals surface area contributed by atoms with Crippen LogP contribution in [0.2, 0.25) is 0 Å². The monoisotopic (exact) mass is 416 g/mol. The zero-order valence-corrected chi connectivity index (χ0v) is 16.6. The predicted molar refractivity (Wildman–Crippen MR) is 105 cm³/mol. The lowest BCUT2D eigenvalue weighted by atomic mass is 10.2. The molecule has 4 rings (SSSR count). The first-order valence-electron chi connectivity index (χ1n) is 9.28. The van der Waals surface area contributed by atoms with Gasteiger partial charge in [0, 0.05) is 18.3 Å². The van der Waals surface area contributed by atoms with Crippen molar-refractivity contribution in [3.05, 3.63) is 40.6 Å². The van der Waals surface area contributed by atoms with Crippen LogP contribution in [0.3, 0.4) is 0 Å². The van der Waals surface area contributed by atoms with Crippen LogP contribution in [0, 0.1) is 0 Å². The van der Waals surface area contributed by atoms with Gasteiger partial charge in [-0.25, -0.2) is 4.79 Å². The quantitative estimate of drug-likeness (QED) is 0.753. The van der Waals surface area contributed by atoms with Crippen molar-refractivity contribution in [3.8, 4) is 11.5 Å². The average molecular weight is 416 g/mol. The molecule has 0 unspecified atom stereocenters. The summed E-state index contributed by atoms with van der Waals surface area (Å²) in [6.45, 7) is 2.14. The number of nitrogens with one attached hydrogen (secondary N) is 1. The Morgan fingerprint density at radius 2 is 2.07 bits per heavy atom. The van der Waals surface area contributed by atoms with Crippen LogP contribution in [0.4, 0.5) is 5.69 Å². The number of benzene rings is 1. The van der Waals surface area contributed by atoms with Crippen LogP contribution >= 0.6 is 11.3 Å². The fourth-order valence-electron chi connectivity index (χ4n) is 3.32. The number of fused-ring (bicyclic) bond motifs is 1. The third kappa shape index (κ3) is 4.04. The summed E-state index contributed by atoms with van der Waals surface area (Å²) in [5, 5.41) is 4.51. The third-order valence-corrected chi connectivity index (χ3v) is 5.68. The summed E-state index contributed by atoms with van der Waals surface area (Å²) in [6.07, 6.45) is 0.230. The molecule has 1 saturated heterocycles. The number of ether oxygens (including phenoxy) is 3. The third-order valence-electron chi connectivity index (χ3n) is 4.82. The molecule has 0 saturated carbocycles. The second-order valence-corrected chi connectivity index (χ2v) is 7.72. The van der Waals surface area contributed by atoms with E-state index in [1.54, 1.807) is 30.3 Å². The molecular formula is C20H20N2O6S. The standard InChI is InChI=1S/C20H20N2O6S/c1-12(18(23)21-13-6-7-15-16(10-13)27-11-26-15)28-20(25)14-4-2-8-22(14)19(24)17-5-3-9-29-17/h3,5-7,9-10,12,14H,2,4,8,11H2,1H3,(H,21,23)/t12-,14+/m1/s1. The van der Waals surface area contributed by atoms with E-state index >= 15 is 0 Å². The number of rotatable bonds is 5. The van der Waals surface area contributed by atoms with Gasteiger partial charge in [-0.3, -0.25) is 9.59 Å². The number of hydrogen-bond acceptors (Lipinski definition) is 7. The molecule has 2 aliphatic heterocycles. The Labute approximate surface area is 171 Å². The Morgan fingerprint density at radius 1 is 1.24 bits per heavy atom. The van der Waals surface area contributed by atoms with Gasteiger partial charge >= 0.3 is 5.97 Å². The van der Waals surface area contributed by atoms with E-state index in [0.717, 1.165) is 0 Å². The molecule has 1 N–H and O–H groups in total. The number of esters is 1. The van der Waals surface area contributed by atoms with Gasteiger partial charge in [-0.05, 0) is 43.3 Å². The van der Waals surface area contributed by atoms with Crippen molar-refractivity contribution in [2.45, 2.75) is 31.9 Å². The fourth-order valence-corrected chi connectivity index (χ4v) is 4.00. The van der Waals surface area contributed by atoms with Gasteiger partial charge in [0.2, 0.25) is 6.79 Å².